The minimum atomic E-state index is -0.343. The Morgan fingerprint density at radius 2 is 2.24 bits per heavy atom. The molecule has 0 aromatic carbocycles. The third-order valence-electron chi connectivity index (χ3n) is 3.04. The minimum Gasteiger partial charge on any atom is -0.366 e. The van der Waals surface area contributed by atoms with E-state index in [0.29, 0.717) is 5.56 Å². The quantitative estimate of drug-likeness (QED) is 0.745. The van der Waals surface area contributed by atoms with Crippen molar-refractivity contribution in [1.29, 1.82) is 0 Å². The van der Waals surface area contributed by atoms with E-state index in [4.69, 9.17) is 5.73 Å². The van der Waals surface area contributed by atoms with Gasteiger partial charge in [0, 0.05) is 29.9 Å². The van der Waals surface area contributed by atoms with Crippen molar-refractivity contribution in [2.75, 3.05) is 26.2 Å². The molecule has 1 aromatic rings. The van der Waals surface area contributed by atoms with E-state index in [2.05, 4.69) is 10.2 Å². The number of hydrogen-bond donors (Lipinski definition) is 2. The highest BCUT2D eigenvalue weighted by Crippen LogP contribution is 2.13. The lowest BCUT2D eigenvalue weighted by molar-refractivity contribution is 0.100. The highest BCUT2D eigenvalue weighted by atomic mass is 32.1. The van der Waals surface area contributed by atoms with Gasteiger partial charge in [0.2, 0.25) is 5.91 Å². The molecular weight excluding hydrogens is 234 g/mol. The van der Waals surface area contributed by atoms with Gasteiger partial charge >= 0.3 is 0 Å². The number of carbonyl (C=O) groups excluding carboxylic acids is 1. The molecule has 4 nitrogen and oxygen atoms in total. The number of thiophene rings is 1. The number of nitrogens with one attached hydrogen (secondary N) is 1. The molecule has 2 heterocycles. The molecule has 2 rings (SSSR count). The summed E-state index contributed by atoms with van der Waals surface area (Å²) < 4.78 is 0. The highest BCUT2D eigenvalue weighted by Gasteiger charge is 2.10. The number of nitrogens with zero attached hydrogens (tertiary/aromatic N) is 1. The lowest BCUT2D eigenvalue weighted by atomic mass is 10.3. The predicted molar refractivity (Wildman–Crippen MR) is 70.2 cm³/mol. The fourth-order valence-corrected chi connectivity index (χ4v) is 2.90. The SMILES string of the molecule is NC(=O)c1csc(CNCCN2CCCC2)c1. The van der Waals surface area contributed by atoms with E-state index in [0.717, 1.165) is 19.6 Å². The Bertz CT molecular complexity index is 372. The van der Waals surface area contributed by atoms with Crippen LogP contribution in [0, 0.1) is 0 Å². The molecule has 0 atom stereocenters. The van der Waals surface area contributed by atoms with Crippen LogP contribution in [0.2, 0.25) is 0 Å². The van der Waals surface area contributed by atoms with Crippen molar-refractivity contribution in [1.82, 2.24) is 10.2 Å². The summed E-state index contributed by atoms with van der Waals surface area (Å²) in [4.78, 5) is 14.6. The van der Waals surface area contributed by atoms with Gasteiger partial charge in [0.05, 0.1) is 5.56 Å². The smallest absolute Gasteiger partial charge is 0.249 e. The Morgan fingerprint density at radius 3 is 2.88 bits per heavy atom. The van der Waals surface area contributed by atoms with Gasteiger partial charge in [-0.05, 0) is 32.0 Å². The average molecular weight is 253 g/mol. The summed E-state index contributed by atoms with van der Waals surface area (Å²) in [6.07, 6.45) is 2.68. The van der Waals surface area contributed by atoms with Crippen LogP contribution in [0.5, 0.6) is 0 Å². The molecule has 1 saturated heterocycles. The largest absolute Gasteiger partial charge is 0.366 e. The minimum absolute atomic E-state index is 0.343. The monoisotopic (exact) mass is 253 g/mol. The molecule has 1 aromatic heterocycles. The van der Waals surface area contributed by atoms with Crippen LogP contribution < -0.4 is 11.1 Å². The summed E-state index contributed by atoms with van der Waals surface area (Å²) >= 11 is 1.58. The standard InChI is InChI=1S/C12H19N3OS/c13-12(16)10-7-11(17-9-10)8-14-3-6-15-4-1-2-5-15/h7,9,14H,1-6,8H2,(H2,13,16). The highest BCUT2D eigenvalue weighted by molar-refractivity contribution is 7.10. The van der Waals surface area contributed by atoms with E-state index < -0.39 is 0 Å². The van der Waals surface area contributed by atoms with Crippen LogP contribution in [0.1, 0.15) is 28.1 Å². The normalized spacial score (nSPS) is 16.5. The zero-order valence-electron chi connectivity index (χ0n) is 9.95. The average Bonchev–Trinajstić information content (AvgIpc) is 2.96. The predicted octanol–water partition coefficient (Wildman–Crippen LogP) is 1.03. The van der Waals surface area contributed by atoms with Crippen molar-refractivity contribution >= 4 is 17.2 Å². The Kier molecular flexibility index (Phi) is 4.53. The first-order chi connectivity index (χ1) is 8.25. The zero-order valence-corrected chi connectivity index (χ0v) is 10.8. The van der Waals surface area contributed by atoms with Crippen LogP contribution in [0.4, 0.5) is 0 Å². The van der Waals surface area contributed by atoms with Gasteiger partial charge in [0.15, 0.2) is 0 Å². The van der Waals surface area contributed by atoms with Crippen molar-refractivity contribution in [2.45, 2.75) is 19.4 Å². The second-order valence-corrected chi connectivity index (χ2v) is 5.39. The first-order valence-corrected chi connectivity index (χ1v) is 6.94. The Balaban J connectivity index is 1.65. The van der Waals surface area contributed by atoms with Crippen LogP contribution >= 0.6 is 11.3 Å². The molecule has 0 bridgehead atoms. The van der Waals surface area contributed by atoms with Gasteiger partial charge < -0.3 is 16.0 Å². The van der Waals surface area contributed by atoms with E-state index in [1.165, 1.54) is 30.8 Å². The number of amides is 1. The summed E-state index contributed by atoms with van der Waals surface area (Å²) in [5.41, 5.74) is 5.82. The lowest BCUT2D eigenvalue weighted by Gasteiger charge is -2.14. The third kappa shape index (κ3) is 3.80. The molecule has 1 aliphatic heterocycles. The fraction of sp³-hybridized carbons (Fsp3) is 0.583. The van der Waals surface area contributed by atoms with Gasteiger partial charge in [-0.2, -0.15) is 0 Å². The first-order valence-electron chi connectivity index (χ1n) is 6.06. The summed E-state index contributed by atoms with van der Waals surface area (Å²) in [6.45, 7) is 5.43. The van der Waals surface area contributed by atoms with Gasteiger partial charge in [0.25, 0.3) is 0 Å². The molecule has 0 spiro atoms. The molecule has 0 radical (unpaired) electrons. The maximum Gasteiger partial charge on any atom is 0.249 e. The number of carbonyl (C=O) groups is 1. The van der Waals surface area contributed by atoms with Crippen molar-refractivity contribution < 1.29 is 4.79 Å². The second-order valence-electron chi connectivity index (χ2n) is 4.39. The molecule has 1 fully saturated rings. The van der Waals surface area contributed by atoms with Crippen molar-refractivity contribution in [2.24, 2.45) is 5.73 Å². The number of rotatable bonds is 6. The van der Waals surface area contributed by atoms with Crippen LogP contribution in [-0.2, 0) is 6.54 Å². The number of primary amides is 1. The Labute approximate surface area is 106 Å². The first kappa shape index (κ1) is 12.5. The van der Waals surface area contributed by atoms with Gasteiger partial charge in [-0.3, -0.25) is 4.79 Å². The number of hydrogen-bond acceptors (Lipinski definition) is 4. The maximum atomic E-state index is 10.9. The van der Waals surface area contributed by atoms with Crippen molar-refractivity contribution in [3.63, 3.8) is 0 Å². The van der Waals surface area contributed by atoms with Gasteiger partial charge in [-0.1, -0.05) is 0 Å². The molecule has 17 heavy (non-hydrogen) atoms. The molecule has 1 aliphatic rings. The summed E-state index contributed by atoms with van der Waals surface area (Å²) in [6, 6.07) is 1.87. The van der Waals surface area contributed by atoms with Crippen molar-refractivity contribution in [3.8, 4) is 0 Å². The summed E-state index contributed by atoms with van der Waals surface area (Å²) in [5, 5.41) is 5.22. The summed E-state index contributed by atoms with van der Waals surface area (Å²) in [5.74, 6) is -0.343. The number of nitrogens with two attached hydrogens (primary N) is 1. The van der Waals surface area contributed by atoms with E-state index in [1.807, 2.05) is 11.4 Å². The molecule has 0 saturated carbocycles. The van der Waals surface area contributed by atoms with E-state index in [-0.39, 0.29) is 5.91 Å². The zero-order chi connectivity index (χ0) is 12.1. The molecule has 3 N–H and O–H groups in total. The van der Waals surface area contributed by atoms with Crippen LogP contribution in [0.15, 0.2) is 11.4 Å². The van der Waals surface area contributed by atoms with E-state index >= 15 is 0 Å². The molecular formula is C12H19N3OS. The lowest BCUT2D eigenvalue weighted by Crippen LogP contribution is -2.29. The Hall–Kier alpha value is -0.910. The second kappa shape index (κ2) is 6.14. The third-order valence-corrected chi connectivity index (χ3v) is 3.98. The van der Waals surface area contributed by atoms with Gasteiger partial charge in [0.1, 0.15) is 0 Å². The van der Waals surface area contributed by atoms with Gasteiger partial charge in [-0.15, -0.1) is 11.3 Å². The molecule has 0 aliphatic carbocycles. The summed E-state index contributed by atoms with van der Waals surface area (Å²) in [7, 11) is 0. The molecule has 94 valence electrons. The van der Waals surface area contributed by atoms with Crippen LogP contribution in [0.25, 0.3) is 0 Å². The molecule has 0 unspecified atom stereocenters. The molecule has 5 heteroatoms. The van der Waals surface area contributed by atoms with Gasteiger partial charge in [-0.25, -0.2) is 0 Å². The van der Waals surface area contributed by atoms with Crippen LogP contribution in [-0.4, -0.2) is 37.0 Å². The van der Waals surface area contributed by atoms with Crippen molar-refractivity contribution in [3.05, 3.63) is 21.9 Å². The molecule has 1 amide bonds. The van der Waals surface area contributed by atoms with Crippen LogP contribution in [0.3, 0.4) is 0 Å². The fourth-order valence-electron chi connectivity index (χ4n) is 2.06. The van der Waals surface area contributed by atoms with E-state index in [1.54, 1.807) is 11.3 Å². The number of likely N-dealkylation sites (tertiary alicyclic amines) is 1. The maximum absolute atomic E-state index is 10.9. The topological polar surface area (TPSA) is 58.4 Å². The Morgan fingerprint density at radius 1 is 1.47 bits per heavy atom. The van der Waals surface area contributed by atoms with E-state index in [9.17, 15) is 4.79 Å².